The summed E-state index contributed by atoms with van der Waals surface area (Å²) in [5.74, 6) is 1.65. The van der Waals surface area contributed by atoms with Gasteiger partial charge in [-0.2, -0.15) is 4.98 Å². The van der Waals surface area contributed by atoms with Gasteiger partial charge in [-0.25, -0.2) is 4.98 Å². The lowest BCUT2D eigenvalue weighted by Crippen LogP contribution is -1.99. The van der Waals surface area contributed by atoms with Gasteiger partial charge in [0.05, 0.1) is 7.11 Å². The van der Waals surface area contributed by atoms with Crippen molar-refractivity contribution in [1.82, 2.24) is 15.0 Å². The molecule has 3 rings (SSSR count). The zero-order chi connectivity index (χ0) is 15.4. The Balaban J connectivity index is 1.99. The van der Waals surface area contributed by atoms with Crippen molar-refractivity contribution in [1.29, 1.82) is 0 Å². The molecule has 0 spiro atoms. The lowest BCUT2D eigenvalue weighted by molar-refractivity contribution is 0.398. The third-order valence-electron chi connectivity index (χ3n) is 2.95. The van der Waals surface area contributed by atoms with Crippen molar-refractivity contribution < 1.29 is 4.74 Å². The molecular weight excluding hydrogens is 300 g/mol. The second-order valence-corrected chi connectivity index (χ2v) is 4.93. The number of nitrogens with zero attached hydrogens (tertiary/aromatic N) is 3. The second-order valence-electron chi connectivity index (χ2n) is 4.49. The summed E-state index contributed by atoms with van der Waals surface area (Å²) < 4.78 is 5.25. The molecule has 5 nitrogen and oxygen atoms in total. The highest BCUT2D eigenvalue weighted by Gasteiger charge is 2.08. The van der Waals surface area contributed by atoms with Crippen LogP contribution in [0.5, 0.6) is 5.88 Å². The van der Waals surface area contributed by atoms with Crippen LogP contribution in [0.15, 0.2) is 54.9 Å². The highest BCUT2D eigenvalue weighted by Crippen LogP contribution is 2.25. The minimum absolute atomic E-state index is 0.474. The minimum Gasteiger partial charge on any atom is -0.481 e. The van der Waals surface area contributed by atoms with Gasteiger partial charge >= 0.3 is 0 Å². The fourth-order valence-electron chi connectivity index (χ4n) is 1.93. The van der Waals surface area contributed by atoms with Crippen LogP contribution in [-0.2, 0) is 0 Å². The van der Waals surface area contributed by atoms with Gasteiger partial charge in [0.25, 0.3) is 0 Å². The van der Waals surface area contributed by atoms with Crippen molar-refractivity contribution in [2.24, 2.45) is 0 Å². The van der Waals surface area contributed by atoms with E-state index in [9.17, 15) is 0 Å². The first-order valence-corrected chi connectivity index (χ1v) is 6.98. The second kappa shape index (κ2) is 6.41. The van der Waals surface area contributed by atoms with Crippen LogP contribution < -0.4 is 10.1 Å². The summed E-state index contributed by atoms with van der Waals surface area (Å²) in [4.78, 5) is 12.9. The number of pyridine rings is 1. The monoisotopic (exact) mass is 312 g/mol. The first-order chi connectivity index (χ1) is 10.7. The molecule has 0 saturated heterocycles. The first-order valence-electron chi connectivity index (χ1n) is 6.60. The fourth-order valence-corrected chi connectivity index (χ4v) is 2.12. The predicted octanol–water partition coefficient (Wildman–Crippen LogP) is 3.94. The van der Waals surface area contributed by atoms with Crippen LogP contribution >= 0.6 is 11.6 Å². The number of hydrogen-bond donors (Lipinski definition) is 1. The SMILES string of the molecule is COc1cc(Nc2ccncc2)nc(-c2cccc(Cl)c2)n1. The molecule has 0 radical (unpaired) electrons. The van der Waals surface area contributed by atoms with Gasteiger partial charge in [-0.1, -0.05) is 23.7 Å². The van der Waals surface area contributed by atoms with Crippen LogP contribution in [0.2, 0.25) is 5.02 Å². The van der Waals surface area contributed by atoms with Crippen molar-refractivity contribution in [2.75, 3.05) is 12.4 Å². The van der Waals surface area contributed by atoms with Crippen molar-refractivity contribution in [3.8, 4) is 17.3 Å². The summed E-state index contributed by atoms with van der Waals surface area (Å²) in [6, 6.07) is 12.8. The highest BCUT2D eigenvalue weighted by molar-refractivity contribution is 6.30. The molecule has 1 N–H and O–H groups in total. The number of benzene rings is 1. The standard InChI is InChI=1S/C16H13ClN4O/c1-22-15-10-14(19-13-5-7-18-8-6-13)20-16(21-15)11-3-2-4-12(17)9-11/h2-10H,1H3,(H,18,19,20,21). The Kier molecular flexibility index (Phi) is 4.16. The van der Waals surface area contributed by atoms with Crippen molar-refractivity contribution >= 4 is 23.1 Å². The highest BCUT2D eigenvalue weighted by atomic mass is 35.5. The zero-order valence-electron chi connectivity index (χ0n) is 11.8. The maximum Gasteiger partial charge on any atom is 0.218 e. The molecule has 22 heavy (non-hydrogen) atoms. The number of nitrogens with one attached hydrogen (secondary N) is 1. The zero-order valence-corrected chi connectivity index (χ0v) is 12.6. The van der Waals surface area contributed by atoms with E-state index in [1.807, 2.05) is 30.3 Å². The molecule has 110 valence electrons. The number of aromatic nitrogens is 3. The van der Waals surface area contributed by atoms with Crippen molar-refractivity contribution in [3.05, 3.63) is 59.9 Å². The van der Waals surface area contributed by atoms with Gasteiger partial charge in [-0.05, 0) is 24.3 Å². The number of methoxy groups -OCH3 is 1. The Bertz CT molecular complexity index is 780. The molecule has 0 aliphatic heterocycles. The number of halogens is 1. The summed E-state index contributed by atoms with van der Waals surface area (Å²) in [6.07, 6.45) is 3.41. The van der Waals surface area contributed by atoms with E-state index in [2.05, 4.69) is 20.3 Å². The van der Waals surface area contributed by atoms with E-state index in [4.69, 9.17) is 16.3 Å². The molecule has 3 aromatic rings. The number of anilines is 2. The van der Waals surface area contributed by atoms with E-state index in [1.165, 1.54) is 0 Å². The number of ether oxygens (including phenoxy) is 1. The van der Waals surface area contributed by atoms with E-state index in [0.29, 0.717) is 22.5 Å². The molecule has 0 amide bonds. The topological polar surface area (TPSA) is 59.9 Å². The lowest BCUT2D eigenvalue weighted by atomic mass is 10.2. The van der Waals surface area contributed by atoms with Crippen molar-refractivity contribution in [2.45, 2.75) is 0 Å². The average molecular weight is 313 g/mol. The Hall–Kier alpha value is -2.66. The summed E-state index contributed by atoms with van der Waals surface area (Å²) in [7, 11) is 1.57. The van der Waals surface area contributed by atoms with Crippen LogP contribution in [0, 0.1) is 0 Å². The summed E-state index contributed by atoms with van der Waals surface area (Å²) in [5, 5.41) is 3.83. The largest absolute Gasteiger partial charge is 0.481 e. The lowest BCUT2D eigenvalue weighted by Gasteiger charge is -2.09. The first kappa shape index (κ1) is 14.3. The predicted molar refractivity (Wildman–Crippen MR) is 86.5 cm³/mol. The maximum atomic E-state index is 6.03. The summed E-state index contributed by atoms with van der Waals surface area (Å²) in [6.45, 7) is 0. The Morgan fingerprint density at radius 1 is 1.05 bits per heavy atom. The van der Waals surface area contributed by atoms with Crippen LogP contribution in [0.1, 0.15) is 0 Å². The molecule has 2 aromatic heterocycles. The van der Waals surface area contributed by atoms with Gasteiger partial charge in [-0.15, -0.1) is 0 Å². The van der Waals surface area contributed by atoms with Gasteiger partial charge < -0.3 is 10.1 Å². The fraction of sp³-hybridized carbons (Fsp3) is 0.0625. The Labute approximate surface area is 133 Å². The molecule has 0 atom stereocenters. The van der Waals surface area contributed by atoms with E-state index in [1.54, 1.807) is 31.6 Å². The molecule has 0 fully saturated rings. The number of hydrogen-bond acceptors (Lipinski definition) is 5. The molecule has 1 aromatic carbocycles. The molecule has 0 saturated carbocycles. The smallest absolute Gasteiger partial charge is 0.218 e. The van der Waals surface area contributed by atoms with Gasteiger partial charge in [0.15, 0.2) is 5.82 Å². The molecule has 6 heteroatoms. The molecule has 0 bridgehead atoms. The van der Waals surface area contributed by atoms with Crippen LogP contribution in [-0.4, -0.2) is 22.1 Å². The molecule has 2 heterocycles. The summed E-state index contributed by atoms with van der Waals surface area (Å²) in [5.41, 5.74) is 1.71. The quantitative estimate of drug-likeness (QED) is 0.790. The van der Waals surface area contributed by atoms with Gasteiger partial charge in [0.2, 0.25) is 5.88 Å². The minimum atomic E-state index is 0.474. The van der Waals surface area contributed by atoms with Gasteiger partial charge in [-0.3, -0.25) is 4.98 Å². The van der Waals surface area contributed by atoms with Crippen LogP contribution in [0.4, 0.5) is 11.5 Å². The average Bonchev–Trinajstić information content (AvgIpc) is 2.55. The Morgan fingerprint density at radius 2 is 1.86 bits per heavy atom. The normalized spacial score (nSPS) is 10.3. The van der Waals surface area contributed by atoms with Crippen molar-refractivity contribution in [3.63, 3.8) is 0 Å². The third kappa shape index (κ3) is 3.32. The number of rotatable bonds is 4. The van der Waals surface area contributed by atoms with E-state index in [-0.39, 0.29) is 0 Å². The molecule has 0 unspecified atom stereocenters. The summed E-state index contributed by atoms with van der Waals surface area (Å²) >= 11 is 6.03. The van der Waals surface area contributed by atoms with Crippen LogP contribution in [0.3, 0.4) is 0 Å². The molecule has 0 aliphatic carbocycles. The van der Waals surface area contributed by atoms with Crippen LogP contribution in [0.25, 0.3) is 11.4 Å². The Morgan fingerprint density at radius 3 is 2.59 bits per heavy atom. The van der Waals surface area contributed by atoms with Gasteiger partial charge in [0.1, 0.15) is 5.82 Å². The molecular formula is C16H13ClN4O. The van der Waals surface area contributed by atoms with E-state index in [0.717, 1.165) is 11.3 Å². The third-order valence-corrected chi connectivity index (χ3v) is 3.18. The maximum absolute atomic E-state index is 6.03. The molecule has 0 aliphatic rings. The van der Waals surface area contributed by atoms with E-state index < -0.39 is 0 Å². The van der Waals surface area contributed by atoms with Gasteiger partial charge in [0, 0.05) is 34.7 Å². The van der Waals surface area contributed by atoms with E-state index >= 15 is 0 Å².